The lowest BCUT2D eigenvalue weighted by Crippen LogP contribution is -2.17. The summed E-state index contributed by atoms with van der Waals surface area (Å²) in [6.07, 6.45) is 1.95. The van der Waals surface area contributed by atoms with Gasteiger partial charge in [-0.25, -0.2) is 0 Å². The summed E-state index contributed by atoms with van der Waals surface area (Å²) >= 11 is 0. The molecule has 3 rings (SSSR count). The van der Waals surface area contributed by atoms with Gasteiger partial charge in [-0.1, -0.05) is 0 Å². The Labute approximate surface area is 82.1 Å². The summed E-state index contributed by atoms with van der Waals surface area (Å²) in [5.74, 6) is 0.992. The number of nitrogens with two attached hydrogens (primary N) is 2. The first-order valence-corrected chi connectivity index (χ1v) is 4.89. The van der Waals surface area contributed by atoms with E-state index in [1.807, 2.05) is 0 Å². The van der Waals surface area contributed by atoms with Crippen molar-refractivity contribution in [3.8, 4) is 0 Å². The average Bonchev–Trinajstić information content (AvgIpc) is 2.91. The fourth-order valence-corrected chi connectivity index (χ4v) is 2.43. The standard InChI is InChI=1S/C11H12N2O/c12-8-1-2-9(13)10-7(8)4-5-3-6(5)11(10)14/h1-2,5-6H,3-4,12-13H2. The van der Waals surface area contributed by atoms with Gasteiger partial charge < -0.3 is 11.5 Å². The maximum Gasteiger partial charge on any atom is 0.168 e. The molecule has 2 aliphatic carbocycles. The molecule has 0 heterocycles. The third-order valence-corrected chi connectivity index (χ3v) is 3.35. The lowest BCUT2D eigenvalue weighted by atomic mass is 9.88. The largest absolute Gasteiger partial charge is 0.398 e. The molecule has 1 fully saturated rings. The van der Waals surface area contributed by atoms with Crippen LogP contribution in [0.25, 0.3) is 0 Å². The van der Waals surface area contributed by atoms with E-state index in [1.54, 1.807) is 12.1 Å². The van der Waals surface area contributed by atoms with Crippen LogP contribution >= 0.6 is 0 Å². The Balaban J connectivity index is 2.25. The number of hydrogen-bond donors (Lipinski definition) is 2. The second-order valence-electron chi connectivity index (χ2n) is 4.27. The first-order chi connectivity index (χ1) is 6.68. The number of anilines is 2. The third kappa shape index (κ3) is 0.842. The zero-order chi connectivity index (χ0) is 9.87. The molecular formula is C11H12N2O. The van der Waals surface area contributed by atoms with E-state index in [-0.39, 0.29) is 11.7 Å². The highest BCUT2D eigenvalue weighted by Gasteiger charge is 2.48. The van der Waals surface area contributed by atoms with Crippen LogP contribution < -0.4 is 11.5 Å². The van der Waals surface area contributed by atoms with Gasteiger partial charge in [-0.15, -0.1) is 0 Å². The number of nitrogen functional groups attached to an aromatic ring is 2. The van der Waals surface area contributed by atoms with Crippen molar-refractivity contribution in [2.45, 2.75) is 12.8 Å². The first kappa shape index (κ1) is 7.85. The molecule has 0 aromatic heterocycles. The van der Waals surface area contributed by atoms with Crippen LogP contribution in [-0.4, -0.2) is 5.78 Å². The molecule has 2 atom stereocenters. The Kier molecular flexibility index (Phi) is 1.29. The van der Waals surface area contributed by atoms with E-state index < -0.39 is 0 Å². The number of hydrogen-bond acceptors (Lipinski definition) is 3. The van der Waals surface area contributed by atoms with Crippen LogP contribution in [0.4, 0.5) is 11.4 Å². The molecule has 1 aromatic rings. The molecular weight excluding hydrogens is 176 g/mol. The number of rotatable bonds is 0. The summed E-state index contributed by atoms with van der Waals surface area (Å²) < 4.78 is 0. The highest BCUT2D eigenvalue weighted by molar-refractivity contribution is 6.07. The van der Waals surface area contributed by atoms with Gasteiger partial charge in [0.05, 0.1) is 0 Å². The van der Waals surface area contributed by atoms with Crippen LogP contribution in [-0.2, 0) is 6.42 Å². The van der Waals surface area contributed by atoms with E-state index in [1.165, 1.54) is 0 Å². The zero-order valence-corrected chi connectivity index (χ0v) is 7.79. The van der Waals surface area contributed by atoms with E-state index in [9.17, 15) is 4.79 Å². The van der Waals surface area contributed by atoms with Crippen molar-refractivity contribution in [1.29, 1.82) is 0 Å². The molecule has 0 spiro atoms. The second-order valence-corrected chi connectivity index (χ2v) is 4.27. The molecule has 0 radical (unpaired) electrons. The summed E-state index contributed by atoms with van der Waals surface area (Å²) in [6, 6.07) is 3.53. The average molecular weight is 188 g/mol. The molecule has 0 aliphatic heterocycles. The van der Waals surface area contributed by atoms with Gasteiger partial charge in [0.2, 0.25) is 0 Å². The van der Waals surface area contributed by atoms with Crippen LogP contribution in [0.15, 0.2) is 12.1 Å². The lowest BCUT2D eigenvalue weighted by molar-refractivity contribution is 0.0955. The quantitative estimate of drug-likeness (QED) is 0.601. The van der Waals surface area contributed by atoms with Crippen molar-refractivity contribution in [2.75, 3.05) is 11.5 Å². The molecule has 1 aromatic carbocycles. The maximum atomic E-state index is 11.9. The van der Waals surface area contributed by atoms with Crippen molar-refractivity contribution in [3.05, 3.63) is 23.3 Å². The first-order valence-electron chi connectivity index (χ1n) is 4.89. The van der Waals surface area contributed by atoms with Crippen LogP contribution in [0.3, 0.4) is 0 Å². The van der Waals surface area contributed by atoms with Crippen LogP contribution in [0.5, 0.6) is 0 Å². The molecule has 3 heteroatoms. The number of carbonyl (C=O) groups is 1. The van der Waals surface area contributed by atoms with Crippen molar-refractivity contribution in [2.24, 2.45) is 11.8 Å². The molecule has 3 nitrogen and oxygen atoms in total. The summed E-state index contributed by atoms with van der Waals surface area (Å²) in [7, 11) is 0. The second kappa shape index (κ2) is 2.29. The van der Waals surface area contributed by atoms with Crippen molar-refractivity contribution in [3.63, 3.8) is 0 Å². The van der Waals surface area contributed by atoms with Gasteiger partial charge in [-0.3, -0.25) is 4.79 Å². The Bertz CT molecular complexity index is 439. The number of Topliss-reactive ketones (excluding diaryl/α,β-unsaturated/α-hetero) is 1. The van der Waals surface area contributed by atoms with E-state index in [0.717, 1.165) is 18.4 Å². The predicted molar refractivity (Wildman–Crippen MR) is 54.9 cm³/mol. The minimum Gasteiger partial charge on any atom is -0.398 e. The van der Waals surface area contributed by atoms with Crippen molar-refractivity contribution >= 4 is 17.2 Å². The summed E-state index contributed by atoms with van der Waals surface area (Å²) in [6.45, 7) is 0. The Morgan fingerprint density at radius 2 is 1.93 bits per heavy atom. The van der Waals surface area contributed by atoms with E-state index in [2.05, 4.69) is 0 Å². The van der Waals surface area contributed by atoms with Crippen molar-refractivity contribution in [1.82, 2.24) is 0 Å². The molecule has 14 heavy (non-hydrogen) atoms. The topological polar surface area (TPSA) is 69.1 Å². The maximum absolute atomic E-state index is 11.9. The normalized spacial score (nSPS) is 28.1. The zero-order valence-electron chi connectivity index (χ0n) is 7.79. The number of carbonyl (C=O) groups excluding carboxylic acids is 1. The summed E-state index contributed by atoms with van der Waals surface area (Å²) in [5.41, 5.74) is 14.6. The third-order valence-electron chi connectivity index (χ3n) is 3.35. The van der Waals surface area contributed by atoms with Crippen LogP contribution in [0.1, 0.15) is 22.3 Å². The highest BCUT2D eigenvalue weighted by Crippen LogP contribution is 2.50. The Morgan fingerprint density at radius 1 is 1.21 bits per heavy atom. The predicted octanol–water partition coefficient (Wildman–Crippen LogP) is 1.23. The van der Waals surface area contributed by atoms with Gasteiger partial charge in [-0.05, 0) is 36.5 Å². The molecule has 0 bridgehead atoms. The van der Waals surface area contributed by atoms with Gasteiger partial charge in [0.25, 0.3) is 0 Å². The number of benzene rings is 1. The Morgan fingerprint density at radius 3 is 2.71 bits per heavy atom. The minimum atomic E-state index is 0.209. The molecule has 0 saturated heterocycles. The molecule has 72 valence electrons. The molecule has 0 amide bonds. The molecule has 2 aliphatic rings. The minimum absolute atomic E-state index is 0.209. The molecule has 1 saturated carbocycles. The smallest absolute Gasteiger partial charge is 0.168 e. The summed E-state index contributed by atoms with van der Waals surface area (Å²) in [4.78, 5) is 11.9. The summed E-state index contributed by atoms with van der Waals surface area (Å²) in [5, 5.41) is 0. The Hall–Kier alpha value is -1.51. The number of ketones is 1. The van der Waals surface area contributed by atoms with Gasteiger partial charge >= 0.3 is 0 Å². The molecule has 4 N–H and O–H groups in total. The van der Waals surface area contributed by atoms with E-state index in [4.69, 9.17) is 11.5 Å². The van der Waals surface area contributed by atoms with Gasteiger partial charge in [0.1, 0.15) is 0 Å². The fraction of sp³-hybridized carbons (Fsp3) is 0.364. The van der Waals surface area contributed by atoms with Crippen LogP contribution in [0, 0.1) is 11.8 Å². The SMILES string of the molecule is Nc1ccc(N)c2c1CC1CC1C2=O. The fourth-order valence-electron chi connectivity index (χ4n) is 2.43. The highest BCUT2D eigenvalue weighted by atomic mass is 16.1. The van der Waals surface area contributed by atoms with Crippen LogP contribution in [0.2, 0.25) is 0 Å². The van der Waals surface area contributed by atoms with Gasteiger partial charge in [0.15, 0.2) is 5.78 Å². The van der Waals surface area contributed by atoms with E-state index in [0.29, 0.717) is 22.9 Å². The van der Waals surface area contributed by atoms with E-state index >= 15 is 0 Å². The molecule has 2 unspecified atom stereocenters. The monoisotopic (exact) mass is 188 g/mol. The van der Waals surface area contributed by atoms with Gasteiger partial charge in [0, 0.05) is 22.9 Å². The van der Waals surface area contributed by atoms with Crippen molar-refractivity contribution < 1.29 is 4.79 Å². The van der Waals surface area contributed by atoms with Gasteiger partial charge in [-0.2, -0.15) is 0 Å². The lowest BCUT2D eigenvalue weighted by Gasteiger charge is -2.17. The number of fused-ring (bicyclic) bond motifs is 2.